The number of nitrogens with one attached hydrogen (secondary N) is 1. The second-order valence-electron chi connectivity index (χ2n) is 8.71. The van der Waals surface area contributed by atoms with Gasteiger partial charge in [-0.3, -0.25) is 9.59 Å². The lowest BCUT2D eigenvalue weighted by molar-refractivity contribution is -0.127. The van der Waals surface area contributed by atoms with Gasteiger partial charge in [0.05, 0.1) is 6.20 Å². The van der Waals surface area contributed by atoms with Crippen LogP contribution in [0.4, 0.5) is 14.6 Å². The van der Waals surface area contributed by atoms with E-state index in [9.17, 15) is 18.4 Å². The predicted octanol–water partition coefficient (Wildman–Crippen LogP) is 4.53. The first-order valence-electron chi connectivity index (χ1n) is 10.7. The van der Waals surface area contributed by atoms with Crippen LogP contribution < -0.4 is 5.32 Å². The van der Waals surface area contributed by atoms with Crippen molar-refractivity contribution in [1.29, 1.82) is 0 Å². The molecule has 7 nitrogen and oxygen atoms in total. The fourth-order valence-corrected chi connectivity index (χ4v) is 4.11. The molecule has 0 spiro atoms. The number of halogens is 2. The fourth-order valence-electron chi connectivity index (χ4n) is 4.11. The van der Waals surface area contributed by atoms with E-state index in [1.165, 1.54) is 30.6 Å². The molecule has 0 bridgehead atoms. The Hall–Kier alpha value is -3.62. The minimum absolute atomic E-state index is 0.0748. The van der Waals surface area contributed by atoms with Gasteiger partial charge >= 0.3 is 0 Å². The third-order valence-electron chi connectivity index (χ3n) is 6.24. The average molecular weight is 454 g/mol. The number of carbonyl (C=O) groups excluding carboxylic acids is 2. The molecule has 3 heterocycles. The lowest BCUT2D eigenvalue weighted by Crippen LogP contribution is -2.45. The molecule has 4 rings (SSSR count). The molecule has 1 aromatic carbocycles. The monoisotopic (exact) mass is 454 g/mol. The SMILES string of the molecule is CC(C)(C(=O)Nc1ccc(-c2cc(F)cc(F)c2)cn1)C1CCN(C(=O)c2ccno2)CC1. The van der Waals surface area contributed by atoms with E-state index in [1.807, 2.05) is 13.8 Å². The highest BCUT2D eigenvalue weighted by molar-refractivity contribution is 5.94. The normalized spacial score (nSPS) is 14.8. The number of rotatable bonds is 5. The number of pyridine rings is 1. The van der Waals surface area contributed by atoms with E-state index in [1.54, 1.807) is 17.0 Å². The summed E-state index contributed by atoms with van der Waals surface area (Å²) >= 11 is 0. The summed E-state index contributed by atoms with van der Waals surface area (Å²) in [5.74, 6) is -1.08. The van der Waals surface area contributed by atoms with Gasteiger partial charge in [0.15, 0.2) is 0 Å². The first kappa shape index (κ1) is 22.6. The number of piperidine rings is 1. The molecule has 9 heteroatoms. The van der Waals surface area contributed by atoms with Crippen LogP contribution in [0, 0.1) is 23.0 Å². The largest absolute Gasteiger partial charge is 0.351 e. The van der Waals surface area contributed by atoms with Crippen LogP contribution in [-0.4, -0.2) is 39.9 Å². The standard InChI is InChI=1S/C24H24F2N4O3/c1-24(2,17-6-9-30(10-7-17)22(31)20-5-8-28-33-20)23(32)29-21-4-3-15(14-27-21)16-11-18(25)13-19(26)12-16/h3-5,8,11-14,17H,6-7,9-10H2,1-2H3,(H,27,29,32). The molecule has 0 aliphatic carbocycles. The van der Waals surface area contributed by atoms with E-state index in [0.29, 0.717) is 42.9 Å². The molecule has 1 aliphatic rings. The Morgan fingerprint density at radius 2 is 1.76 bits per heavy atom. The van der Waals surface area contributed by atoms with Crippen molar-refractivity contribution < 1.29 is 22.9 Å². The van der Waals surface area contributed by atoms with E-state index in [2.05, 4.69) is 15.5 Å². The highest BCUT2D eigenvalue weighted by atomic mass is 19.1. The zero-order chi connectivity index (χ0) is 23.6. The molecule has 3 aromatic rings. The summed E-state index contributed by atoms with van der Waals surface area (Å²) in [7, 11) is 0. The molecule has 0 saturated carbocycles. The molecule has 1 saturated heterocycles. The van der Waals surface area contributed by atoms with Crippen molar-refractivity contribution in [2.45, 2.75) is 26.7 Å². The minimum Gasteiger partial charge on any atom is -0.351 e. The molecule has 0 radical (unpaired) electrons. The van der Waals surface area contributed by atoms with Crippen LogP contribution in [0.3, 0.4) is 0 Å². The second kappa shape index (κ2) is 9.09. The van der Waals surface area contributed by atoms with Gasteiger partial charge in [-0.15, -0.1) is 0 Å². The van der Waals surface area contributed by atoms with Crippen molar-refractivity contribution in [2.24, 2.45) is 11.3 Å². The second-order valence-corrected chi connectivity index (χ2v) is 8.71. The van der Waals surface area contributed by atoms with Crippen LogP contribution in [-0.2, 0) is 4.79 Å². The Morgan fingerprint density at radius 3 is 2.33 bits per heavy atom. The highest BCUT2D eigenvalue weighted by Crippen LogP contribution is 2.36. The van der Waals surface area contributed by atoms with Gasteiger partial charge in [0, 0.05) is 42.4 Å². The maximum atomic E-state index is 13.5. The first-order valence-corrected chi connectivity index (χ1v) is 10.7. The summed E-state index contributed by atoms with van der Waals surface area (Å²) < 4.78 is 31.9. The van der Waals surface area contributed by atoms with Crippen molar-refractivity contribution in [3.8, 4) is 11.1 Å². The first-order chi connectivity index (χ1) is 15.7. The van der Waals surface area contributed by atoms with E-state index in [0.717, 1.165) is 6.07 Å². The van der Waals surface area contributed by atoms with E-state index in [4.69, 9.17) is 4.52 Å². The van der Waals surface area contributed by atoms with E-state index in [-0.39, 0.29) is 23.5 Å². The number of benzene rings is 1. The van der Waals surface area contributed by atoms with Crippen molar-refractivity contribution in [3.05, 3.63) is 66.2 Å². The number of carbonyl (C=O) groups is 2. The van der Waals surface area contributed by atoms with Crippen LogP contribution >= 0.6 is 0 Å². The van der Waals surface area contributed by atoms with Gasteiger partial charge < -0.3 is 14.7 Å². The van der Waals surface area contributed by atoms with Gasteiger partial charge in [0.2, 0.25) is 11.7 Å². The number of anilines is 1. The van der Waals surface area contributed by atoms with Crippen LogP contribution in [0.2, 0.25) is 0 Å². The van der Waals surface area contributed by atoms with Crippen LogP contribution in [0.5, 0.6) is 0 Å². The summed E-state index contributed by atoms with van der Waals surface area (Å²) in [6.07, 6.45) is 4.25. The average Bonchev–Trinajstić information content (AvgIpc) is 3.33. The minimum atomic E-state index is -0.687. The van der Waals surface area contributed by atoms with Gasteiger partial charge in [0.25, 0.3) is 5.91 Å². The quantitative estimate of drug-likeness (QED) is 0.612. The molecular formula is C24H24F2N4O3. The third-order valence-corrected chi connectivity index (χ3v) is 6.24. The number of likely N-dealkylation sites (tertiary alicyclic amines) is 1. The van der Waals surface area contributed by atoms with Gasteiger partial charge in [0.1, 0.15) is 17.5 Å². The topological polar surface area (TPSA) is 88.3 Å². The Morgan fingerprint density at radius 1 is 1.06 bits per heavy atom. The van der Waals surface area contributed by atoms with Crippen molar-refractivity contribution in [1.82, 2.24) is 15.0 Å². The van der Waals surface area contributed by atoms with Crippen molar-refractivity contribution in [2.75, 3.05) is 18.4 Å². The Balaban J connectivity index is 1.37. The van der Waals surface area contributed by atoms with Crippen molar-refractivity contribution >= 4 is 17.6 Å². The Bertz CT molecular complexity index is 1120. The summed E-state index contributed by atoms with van der Waals surface area (Å²) in [5, 5.41) is 6.41. The third kappa shape index (κ3) is 4.92. The Labute approximate surface area is 189 Å². The van der Waals surface area contributed by atoms with Gasteiger partial charge in [-0.2, -0.15) is 0 Å². The molecule has 33 heavy (non-hydrogen) atoms. The van der Waals surface area contributed by atoms with Crippen LogP contribution in [0.25, 0.3) is 11.1 Å². The number of hydrogen-bond acceptors (Lipinski definition) is 5. The molecule has 0 unspecified atom stereocenters. The van der Waals surface area contributed by atoms with E-state index >= 15 is 0 Å². The van der Waals surface area contributed by atoms with Gasteiger partial charge in [-0.25, -0.2) is 13.8 Å². The maximum Gasteiger partial charge on any atom is 0.292 e. The zero-order valence-electron chi connectivity index (χ0n) is 18.3. The molecule has 1 N–H and O–H groups in total. The maximum absolute atomic E-state index is 13.5. The lowest BCUT2D eigenvalue weighted by Gasteiger charge is -2.39. The van der Waals surface area contributed by atoms with E-state index < -0.39 is 17.0 Å². The fraction of sp³-hybridized carbons (Fsp3) is 0.333. The summed E-state index contributed by atoms with van der Waals surface area (Å²) in [6.45, 7) is 4.81. The summed E-state index contributed by atoms with van der Waals surface area (Å²) in [6, 6.07) is 8.04. The molecular weight excluding hydrogens is 430 g/mol. The van der Waals surface area contributed by atoms with Gasteiger partial charge in [-0.1, -0.05) is 19.0 Å². The van der Waals surface area contributed by atoms with Crippen LogP contribution in [0.15, 0.2) is 53.3 Å². The molecule has 172 valence electrons. The summed E-state index contributed by atoms with van der Waals surface area (Å²) in [5.41, 5.74) is 0.215. The number of aromatic nitrogens is 2. The molecule has 1 aliphatic heterocycles. The summed E-state index contributed by atoms with van der Waals surface area (Å²) in [4.78, 5) is 31.4. The number of nitrogens with zero attached hydrogens (tertiary/aromatic N) is 3. The number of amides is 2. The Kier molecular flexibility index (Phi) is 6.22. The zero-order valence-corrected chi connectivity index (χ0v) is 18.3. The predicted molar refractivity (Wildman–Crippen MR) is 117 cm³/mol. The van der Waals surface area contributed by atoms with Crippen molar-refractivity contribution in [3.63, 3.8) is 0 Å². The lowest BCUT2D eigenvalue weighted by atomic mass is 9.73. The van der Waals surface area contributed by atoms with Gasteiger partial charge in [-0.05, 0) is 48.6 Å². The molecule has 2 amide bonds. The molecule has 1 fully saturated rings. The van der Waals surface area contributed by atoms with Crippen LogP contribution in [0.1, 0.15) is 37.2 Å². The molecule has 0 atom stereocenters. The smallest absolute Gasteiger partial charge is 0.292 e. The highest BCUT2D eigenvalue weighted by Gasteiger charge is 2.39. The number of hydrogen-bond donors (Lipinski definition) is 1. The molecule has 2 aromatic heterocycles.